The maximum atomic E-state index is 14.2. The van der Waals surface area contributed by atoms with E-state index in [1.807, 2.05) is 6.07 Å². The SMILES string of the molecule is COc1cc(-n2c(C(C)C)c(C3CC(OC)(C(=O)O)C3)c3nc4[nH]ncc4cc32)ccc1F. The van der Waals surface area contributed by atoms with Gasteiger partial charge in [-0.15, -0.1) is 0 Å². The molecule has 1 aliphatic rings. The summed E-state index contributed by atoms with van der Waals surface area (Å²) in [5, 5.41) is 17.6. The predicted octanol–water partition coefficient (Wildman–Crippen LogP) is 4.52. The van der Waals surface area contributed by atoms with Gasteiger partial charge in [-0.25, -0.2) is 14.2 Å². The van der Waals surface area contributed by atoms with Crippen LogP contribution in [0, 0.1) is 5.82 Å². The molecule has 0 aliphatic heterocycles. The van der Waals surface area contributed by atoms with Crippen LogP contribution < -0.4 is 4.74 Å². The molecule has 1 fully saturated rings. The number of aromatic amines is 1. The van der Waals surface area contributed by atoms with Crippen LogP contribution in [0.25, 0.3) is 27.8 Å². The molecular weight excluding hydrogens is 427 g/mol. The first kappa shape index (κ1) is 21.4. The first-order valence-electron chi connectivity index (χ1n) is 10.8. The smallest absolute Gasteiger partial charge is 0.335 e. The Morgan fingerprint density at radius 3 is 2.70 bits per heavy atom. The number of hydrogen-bond acceptors (Lipinski definition) is 5. The molecule has 1 saturated carbocycles. The quantitative estimate of drug-likeness (QED) is 0.446. The third-order valence-corrected chi connectivity index (χ3v) is 6.70. The van der Waals surface area contributed by atoms with Gasteiger partial charge in [0.15, 0.2) is 22.8 Å². The fourth-order valence-electron chi connectivity index (χ4n) is 5.02. The molecule has 5 rings (SSSR count). The highest BCUT2D eigenvalue weighted by Gasteiger charge is 2.53. The number of benzene rings is 1. The van der Waals surface area contributed by atoms with Gasteiger partial charge in [0.2, 0.25) is 0 Å². The molecule has 3 heterocycles. The molecule has 0 atom stereocenters. The number of aliphatic carboxylic acids is 1. The molecule has 8 nitrogen and oxygen atoms in total. The second-order valence-corrected chi connectivity index (χ2v) is 8.88. The van der Waals surface area contributed by atoms with Crippen molar-refractivity contribution in [1.29, 1.82) is 0 Å². The van der Waals surface area contributed by atoms with Gasteiger partial charge in [-0.05, 0) is 42.9 Å². The summed E-state index contributed by atoms with van der Waals surface area (Å²) in [6.45, 7) is 4.17. The number of hydrogen-bond donors (Lipinski definition) is 2. The number of ether oxygens (including phenoxy) is 2. The summed E-state index contributed by atoms with van der Waals surface area (Å²) < 4.78 is 26.9. The molecule has 0 bridgehead atoms. The zero-order chi connectivity index (χ0) is 23.5. The topological polar surface area (TPSA) is 102 Å². The first-order valence-corrected chi connectivity index (χ1v) is 10.8. The number of aromatic nitrogens is 4. The lowest BCUT2D eigenvalue weighted by Gasteiger charge is -2.43. The van der Waals surface area contributed by atoms with Crippen LogP contribution in [-0.4, -0.2) is 50.6 Å². The van der Waals surface area contributed by atoms with Crippen molar-refractivity contribution in [3.8, 4) is 11.4 Å². The summed E-state index contributed by atoms with van der Waals surface area (Å²) in [7, 11) is 2.88. The van der Waals surface area contributed by atoms with Gasteiger partial charge in [-0.2, -0.15) is 5.10 Å². The lowest BCUT2D eigenvalue weighted by molar-refractivity contribution is -0.175. The van der Waals surface area contributed by atoms with Gasteiger partial charge < -0.3 is 19.1 Å². The molecule has 3 aromatic heterocycles. The van der Waals surface area contributed by atoms with Crippen molar-refractivity contribution >= 4 is 28.0 Å². The maximum Gasteiger partial charge on any atom is 0.335 e. The number of carboxylic acids is 1. The number of carboxylic acid groups (broad SMARTS) is 1. The number of pyridine rings is 1. The van der Waals surface area contributed by atoms with Crippen molar-refractivity contribution in [3.63, 3.8) is 0 Å². The third kappa shape index (κ3) is 3.10. The van der Waals surface area contributed by atoms with Gasteiger partial charge in [0.05, 0.1) is 24.3 Å². The van der Waals surface area contributed by atoms with Crippen molar-refractivity contribution in [2.75, 3.05) is 14.2 Å². The van der Waals surface area contributed by atoms with Crippen LogP contribution in [0.4, 0.5) is 4.39 Å². The molecule has 0 spiro atoms. The van der Waals surface area contributed by atoms with Gasteiger partial charge >= 0.3 is 5.97 Å². The van der Waals surface area contributed by atoms with E-state index in [0.717, 1.165) is 33.4 Å². The first-order chi connectivity index (χ1) is 15.8. The highest BCUT2D eigenvalue weighted by atomic mass is 19.1. The van der Waals surface area contributed by atoms with E-state index in [2.05, 4.69) is 28.6 Å². The van der Waals surface area contributed by atoms with Crippen molar-refractivity contribution in [1.82, 2.24) is 19.7 Å². The Kier molecular flexibility index (Phi) is 4.89. The summed E-state index contributed by atoms with van der Waals surface area (Å²) in [5.41, 5.74) is 3.84. The minimum Gasteiger partial charge on any atom is -0.494 e. The van der Waals surface area contributed by atoms with Gasteiger partial charge in [-0.1, -0.05) is 13.8 Å². The molecule has 0 radical (unpaired) electrons. The van der Waals surface area contributed by atoms with E-state index in [1.165, 1.54) is 20.3 Å². The number of H-pyrrole nitrogens is 1. The summed E-state index contributed by atoms with van der Waals surface area (Å²) >= 11 is 0. The van der Waals surface area contributed by atoms with Crippen LogP contribution in [0.15, 0.2) is 30.5 Å². The predicted molar refractivity (Wildman–Crippen MR) is 121 cm³/mol. The molecule has 0 amide bonds. The van der Waals surface area contributed by atoms with E-state index in [-0.39, 0.29) is 17.6 Å². The summed E-state index contributed by atoms with van der Waals surface area (Å²) in [6.07, 6.45) is 2.42. The maximum absolute atomic E-state index is 14.2. The second kappa shape index (κ2) is 7.55. The Bertz CT molecular complexity index is 1380. The number of halogens is 1. The van der Waals surface area contributed by atoms with E-state index in [0.29, 0.717) is 18.5 Å². The van der Waals surface area contributed by atoms with Crippen LogP contribution in [0.3, 0.4) is 0 Å². The van der Waals surface area contributed by atoms with E-state index in [9.17, 15) is 14.3 Å². The lowest BCUT2D eigenvalue weighted by atomic mass is 9.67. The average molecular weight is 452 g/mol. The Labute approximate surface area is 189 Å². The molecule has 2 N–H and O–H groups in total. The number of carbonyl (C=O) groups is 1. The van der Waals surface area contributed by atoms with Gasteiger partial charge in [0.25, 0.3) is 0 Å². The Morgan fingerprint density at radius 2 is 2.06 bits per heavy atom. The van der Waals surface area contributed by atoms with Crippen LogP contribution in [0.5, 0.6) is 5.75 Å². The number of rotatable bonds is 6. The zero-order valence-corrected chi connectivity index (χ0v) is 18.8. The molecule has 0 saturated heterocycles. The monoisotopic (exact) mass is 452 g/mol. The average Bonchev–Trinajstić information content (AvgIpc) is 3.34. The van der Waals surface area contributed by atoms with Gasteiger partial charge in [0, 0.05) is 35.5 Å². The number of methoxy groups -OCH3 is 2. The Hall–Kier alpha value is -3.46. The zero-order valence-electron chi connectivity index (χ0n) is 18.8. The molecule has 4 aromatic rings. The van der Waals surface area contributed by atoms with Crippen molar-refractivity contribution < 1.29 is 23.8 Å². The molecule has 33 heavy (non-hydrogen) atoms. The van der Waals surface area contributed by atoms with Gasteiger partial charge in [-0.3, -0.25) is 5.10 Å². The molecule has 1 aliphatic carbocycles. The molecule has 1 aromatic carbocycles. The minimum atomic E-state index is -1.19. The summed E-state index contributed by atoms with van der Waals surface area (Å²) in [4.78, 5) is 16.7. The fourth-order valence-corrected chi connectivity index (χ4v) is 5.02. The third-order valence-electron chi connectivity index (χ3n) is 6.70. The highest BCUT2D eigenvalue weighted by Crippen LogP contribution is 2.52. The van der Waals surface area contributed by atoms with Crippen LogP contribution in [0.2, 0.25) is 0 Å². The summed E-state index contributed by atoms with van der Waals surface area (Å²) in [6, 6.07) is 6.77. The van der Waals surface area contributed by atoms with E-state index in [1.54, 1.807) is 18.3 Å². The highest BCUT2D eigenvalue weighted by molar-refractivity contribution is 5.94. The van der Waals surface area contributed by atoms with Crippen LogP contribution in [0.1, 0.15) is 49.8 Å². The number of nitrogens with zero attached hydrogens (tertiary/aromatic N) is 3. The van der Waals surface area contributed by atoms with Crippen molar-refractivity contribution in [2.24, 2.45) is 0 Å². The molecule has 172 valence electrons. The Balaban J connectivity index is 1.80. The van der Waals surface area contributed by atoms with Crippen LogP contribution >= 0.6 is 0 Å². The summed E-state index contributed by atoms with van der Waals surface area (Å²) in [5.74, 6) is -1.20. The normalized spacial score (nSPS) is 20.5. The second-order valence-electron chi connectivity index (χ2n) is 8.88. The van der Waals surface area contributed by atoms with Crippen LogP contribution in [-0.2, 0) is 9.53 Å². The fraction of sp³-hybridized carbons (Fsp3) is 0.375. The van der Waals surface area contributed by atoms with E-state index >= 15 is 0 Å². The largest absolute Gasteiger partial charge is 0.494 e. The van der Waals surface area contributed by atoms with E-state index < -0.39 is 17.4 Å². The Morgan fingerprint density at radius 1 is 1.30 bits per heavy atom. The lowest BCUT2D eigenvalue weighted by Crippen LogP contribution is -2.51. The van der Waals surface area contributed by atoms with Crippen molar-refractivity contribution in [2.45, 2.75) is 44.1 Å². The molecular formula is C24H25FN4O4. The minimum absolute atomic E-state index is 0.0441. The number of nitrogens with one attached hydrogen (secondary N) is 1. The molecule has 0 unspecified atom stereocenters. The van der Waals surface area contributed by atoms with Crippen molar-refractivity contribution in [3.05, 3.63) is 47.5 Å². The molecule has 9 heteroatoms. The standard InChI is InChI=1S/C24H25FN4O4/c1-12(2)21-19(14-9-24(10-14,33-4)23(30)31)20-17(7-13-11-26-28-22(13)27-20)29(21)15-5-6-16(25)18(8-15)32-3/h5-8,11-12,14H,9-10H2,1-4H3,(H,30,31)(H,26,27,28). The van der Waals surface area contributed by atoms with Gasteiger partial charge in [0.1, 0.15) is 0 Å². The number of fused-ring (bicyclic) bond motifs is 2. The van der Waals surface area contributed by atoms with E-state index in [4.69, 9.17) is 14.5 Å².